The van der Waals surface area contributed by atoms with Crippen LogP contribution in [0.15, 0.2) is 78.9 Å². The van der Waals surface area contributed by atoms with E-state index in [0.717, 1.165) is 11.1 Å². The van der Waals surface area contributed by atoms with Gasteiger partial charge in [-0.1, -0.05) is 67.6 Å². The smallest absolute Gasteiger partial charge is 0.326 e. The van der Waals surface area contributed by atoms with Crippen molar-refractivity contribution in [2.75, 3.05) is 5.32 Å². The Balaban J connectivity index is 1.77. The third-order valence-corrected chi connectivity index (χ3v) is 5.68. The molecule has 8 heteroatoms. The average molecular weight is 490 g/mol. The Kier molecular flexibility index (Phi) is 9.59. The lowest BCUT2D eigenvalue weighted by molar-refractivity contribution is -0.139. The Morgan fingerprint density at radius 2 is 1.58 bits per heavy atom. The highest BCUT2D eigenvalue weighted by atomic mass is 16.5. The monoisotopic (exact) mass is 489 g/mol. The molecule has 8 nitrogen and oxygen atoms in total. The second-order valence-corrected chi connectivity index (χ2v) is 8.38. The number of carbonyl (C=O) groups is 3. The molecule has 0 spiro atoms. The van der Waals surface area contributed by atoms with E-state index in [1.165, 1.54) is 12.1 Å². The molecule has 5 N–H and O–H groups in total. The normalized spacial score (nSPS) is 12.3. The molecule has 3 rings (SSSR count). The summed E-state index contributed by atoms with van der Waals surface area (Å²) < 4.78 is 5.93. The molecule has 0 saturated carbocycles. The Morgan fingerprint density at radius 3 is 2.19 bits per heavy atom. The second-order valence-electron chi connectivity index (χ2n) is 8.38. The zero-order valence-electron chi connectivity index (χ0n) is 20.1. The molecule has 0 heterocycles. The van der Waals surface area contributed by atoms with Crippen molar-refractivity contribution in [1.29, 1.82) is 0 Å². The predicted molar refractivity (Wildman–Crippen MR) is 138 cm³/mol. The van der Waals surface area contributed by atoms with Gasteiger partial charge < -0.3 is 26.2 Å². The van der Waals surface area contributed by atoms with E-state index in [9.17, 15) is 19.5 Å². The van der Waals surface area contributed by atoms with Crippen molar-refractivity contribution in [3.63, 3.8) is 0 Å². The van der Waals surface area contributed by atoms with Crippen molar-refractivity contribution in [1.82, 2.24) is 5.32 Å². The maximum atomic E-state index is 12.9. The van der Waals surface area contributed by atoms with E-state index in [0.29, 0.717) is 18.5 Å². The van der Waals surface area contributed by atoms with Crippen molar-refractivity contribution >= 4 is 23.5 Å². The molecule has 3 aromatic rings. The van der Waals surface area contributed by atoms with Gasteiger partial charge in [-0.3, -0.25) is 9.59 Å². The minimum atomic E-state index is -1.11. The lowest BCUT2D eigenvalue weighted by atomic mass is 10.0. The number of hydrogen-bond acceptors (Lipinski definition) is 5. The predicted octanol–water partition coefficient (Wildman–Crippen LogP) is 3.76. The third kappa shape index (κ3) is 7.68. The zero-order valence-corrected chi connectivity index (χ0v) is 20.1. The number of carbonyl (C=O) groups excluding carboxylic acids is 2. The SMILES string of the molecule is CC[C@H](N)C(=O)Nc1ccc(C(=O)N[C@@H](CCc2ccccc2)C(=O)O)cc1OCc1ccccc1. The van der Waals surface area contributed by atoms with Crippen LogP contribution in [0.2, 0.25) is 0 Å². The number of nitrogens with two attached hydrogens (primary N) is 1. The van der Waals surface area contributed by atoms with Crippen LogP contribution in [0.5, 0.6) is 5.75 Å². The van der Waals surface area contributed by atoms with Gasteiger partial charge in [0.05, 0.1) is 11.7 Å². The van der Waals surface area contributed by atoms with Gasteiger partial charge in [0.2, 0.25) is 5.91 Å². The zero-order chi connectivity index (χ0) is 25.9. The first-order valence-corrected chi connectivity index (χ1v) is 11.8. The van der Waals surface area contributed by atoms with Gasteiger partial charge in [0, 0.05) is 5.56 Å². The number of aryl methyl sites for hydroxylation is 1. The molecule has 3 aromatic carbocycles. The highest BCUT2D eigenvalue weighted by molar-refractivity contribution is 5.99. The topological polar surface area (TPSA) is 131 Å². The van der Waals surface area contributed by atoms with Gasteiger partial charge in [0.15, 0.2) is 0 Å². The van der Waals surface area contributed by atoms with Gasteiger partial charge in [0.25, 0.3) is 5.91 Å². The third-order valence-electron chi connectivity index (χ3n) is 5.68. The first-order valence-electron chi connectivity index (χ1n) is 11.8. The van der Waals surface area contributed by atoms with Crippen molar-refractivity contribution < 1.29 is 24.2 Å². The molecular formula is C28H31N3O5. The van der Waals surface area contributed by atoms with Crippen LogP contribution in [0.25, 0.3) is 0 Å². The molecule has 188 valence electrons. The van der Waals surface area contributed by atoms with E-state index in [1.54, 1.807) is 13.0 Å². The summed E-state index contributed by atoms with van der Waals surface area (Å²) in [5.74, 6) is -1.76. The minimum absolute atomic E-state index is 0.210. The summed E-state index contributed by atoms with van der Waals surface area (Å²) in [6, 6.07) is 21.7. The molecule has 2 amide bonds. The number of amides is 2. The van der Waals surface area contributed by atoms with Crippen LogP contribution in [0.1, 0.15) is 41.3 Å². The lowest BCUT2D eigenvalue weighted by Crippen LogP contribution is -2.41. The lowest BCUT2D eigenvalue weighted by Gasteiger charge is -2.17. The van der Waals surface area contributed by atoms with Gasteiger partial charge >= 0.3 is 5.97 Å². The van der Waals surface area contributed by atoms with Crippen LogP contribution in [-0.4, -0.2) is 35.0 Å². The summed E-state index contributed by atoms with van der Waals surface area (Å²) in [7, 11) is 0. The maximum Gasteiger partial charge on any atom is 0.326 e. The summed E-state index contributed by atoms with van der Waals surface area (Å²) in [6.45, 7) is 2.02. The first kappa shape index (κ1) is 26.4. The molecule has 0 aromatic heterocycles. The fourth-order valence-electron chi connectivity index (χ4n) is 3.49. The Labute approximate surface area is 210 Å². The van der Waals surface area contributed by atoms with Crippen molar-refractivity contribution in [3.05, 3.63) is 95.6 Å². The van der Waals surface area contributed by atoms with Crippen LogP contribution in [-0.2, 0) is 22.6 Å². The molecule has 0 saturated heterocycles. The van der Waals surface area contributed by atoms with E-state index < -0.39 is 24.0 Å². The fraction of sp³-hybridized carbons (Fsp3) is 0.250. The number of nitrogens with one attached hydrogen (secondary N) is 2. The van der Waals surface area contributed by atoms with Crippen LogP contribution in [0.3, 0.4) is 0 Å². The van der Waals surface area contributed by atoms with Crippen LogP contribution in [0.4, 0.5) is 5.69 Å². The van der Waals surface area contributed by atoms with Crippen LogP contribution >= 0.6 is 0 Å². The maximum absolute atomic E-state index is 12.9. The molecule has 0 aliphatic rings. The number of benzene rings is 3. The standard InChI is InChI=1S/C28H31N3O5/c1-2-22(29)27(33)30-23-16-14-21(17-25(23)36-18-20-11-7-4-8-12-20)26(32)31-24(28(34)35)15-13-19-9-5-3-6-10-19/h3-12,14,16-17,22,24H,2,13,15,18,29H2,1H3,(H,30,33)(H,31,32)(H,34,35)/t22-,24-/m0/s1. The largest absolute Gasteiger partial charge is 0.487 e. The summed E-state index contributed by atoms with van der Waals surface area (Å²) in [6.07, 6.45) is 1.21. The van der Waals surface area contributed by atoms with Crippen LogP contribution < -0.4 is 21.1 Å². The highest BCUT2D eigenvalue weighted by Crippen LogP contribution is 2.27. The Morgan fingerprint density at radius 1 is 0.944 bits per heavy atom. The number of rotatable bonds is 12. The summed E-state index contributed by atoms with van der Waals surface area (Å²) in [5.41, 5.74) is 8.31. The molecule has 0 radical (unpaired) electrons. The van der Waals surface area contributed by atoms with Gasteiger partial charge in [-0.25, -0.2) is 4.79 Å². The van der Waals surface area contributed by atoms with Gasteiger partial charge in [0.1, 0.15) is 18.4 Å². The van der Waals surface area contributed by atoms with Crippen molar-refractivity contribution in [2.45, 2.75) is 44.9 Å². The highest BCUT2D eigenvalue weighted by Gasteiger charge is 2.22. The number of ether oxygens (including phenoxy) is 1. The molecule has 0 bridgehead atoms. The first-order chi connectivity index (χ1) is 17.4. The molecule has 0 fully saturated rings. The molecule has 0 aliphatic heterocycles. The second kappa shape index (κ2) is 13.1. The van der Waals surface area contributed by atoms with Gasteiger partial charge in [-0.15, -0.1) is 0 Å². The van der Waals surface area contributed by atoms with E-state index in [2.05, 4.69) is 10.6 Å². The summed E-state index contributed by atoms with van der Waals surface area (Å²) in [5, 5.41) is 15.0. The van der Waals surface area contributed by atoms with Crippen molar-refractivity contribution in [2.24, 2.45) is 5.73 Å². The van der Waals surface area contributed by atoms with E-state index >= 15 is 0 Å². The van der Waals surface area contributed by atoms with E-state index in [1.807, 2.05) is 60.7 Å². The molecule has 36 heavy (non-hydrogen) atoms. The number of carboxylic acids is 1. The van der Waals surface area contributed by atoms with Gasteiger partial charge in [-0.2, -0.15) is 0 Å². The quantitative estimate of drug-likeness (QED) is 0.306. The number of anilines is 1. The Hall–Kier alpha value is -4.17. The Bertz CT molecular complexity index is 1170. The van der Waals surface area contributed by atoms with Crippen LogP contribution in [0, 0.1) is 0 Å². The number of aliphatic carboxylic acids is 1. The number of carboxylic acid groups (broad SMARTS) is 1. The van der Waals surface area contributed by atoms with Gasteiger partial charge in [-0.05, 0) is 48.6 Å². The minimum Gasteiger partial charge on any atom is -0.487 e. The molecule has 0 unspecified atom stereocenters. The summed E-state index contributed by atoms with van der Waals surface area (Å²) >= 11 is 0. The van der Waals surface area contributed by atoms with Crippen molar-refractivity contribution in [3.8, 4) is 5.75 Å². The molecular weight excluding hydrogens is 458 g/mol. The fourth-order valence-corrected chi connectivity index (χ4v) is 3.49. The molecule has 2 atom stereocenters. The van der Waals surface area contributed by atoms with E-state index in [-0.39, 0.29) is 30.2 Å². The average Bonchev–Trinajstić information content (AvgIpc) is 2.90. The summed E-state index contributed by atoms with van der Waals surface area (Å²) in [4.78, 5) is 37.1. The number of hydrogen-bond donors (Lipinski definition) is 4. The van der Waals surface area contributed by atoms with E-state index in [4.69, 9.17) is 10.5 Å². The molecule has 0 aliphatic carbocycles.